The molecule has 1 aromatic heterocycles. The fourth-order valence-electron chi connectivity index (χ4n) is 3.78. The second kappa shape index (κ2) is 8.90. The summed E-state index contributed by atoms with van der Waals surface area (Å²) in [5, 5.41) is 12.8. The van der Waals surface area contributed by atoms with Crippen molar-refractivity contribution in [3.8, 4) is 0 Å². The standard InChI is InChI=1S/C21H27NO5S/c1-3-12(2)27-21(26)17-15-10-6-7-11-16(15)28-19(17)22-18(23)13-8-4-5-9-14(13)20(24)25/h4-5,12-14H,3,6-11H2,1-2H3,(H,22,23)(H,24,25)/t12-,13-,14+/m0/s1. The lowest BCUT2D eigenvalue weighted by atomic mass is 9.82. The van der Waals surface area contributed by atoms with Crippen molar-refractivity contribution in [3.05, 3.63) is 28.2 Å². The van der Waals surface area contributed by atoms with Crippen LogP contribution in [0.3, 0.4) is 0 Å². The van der Waals surface area contributed by atoms with Crippen LogP contribution in [0.2, 0.25) is 0 Å². The van der Waals surface area contributed by atoms with Crippen LogP contribution in [0.4, 0.5) is 5.00 Å². The van der Waals surface area contributed by atoms with Gasteiger partial charge in [0.2, 0.25) is 5.91 Å². The van der Waals surface area contributed by atoms with Gasteiger partial charge in [0.25, 0.3) is 0 Å². The lowest BCUT2D eigenvalue weighted by Gasteiger charge is -2.24. The number of carboxylic acids is 1. The molecule has 152 valence electrons. The van der Waals surface area contributed by atoms with Gasteiger partial charge in [0.05, 0.1) is 23.5 Å². The summed E-state index contributed by atoms with van der Waals surface area (Å²) in [7, 11) is 0. The molecule has 2 aliphatic rings. The quantitative estimate of drug-likeness (QED) is 0.547. The summed E-state index contributed by atoms with van der Waals surface area (Å²) in [4.78, 5) is 38.4. The van der Waals surface area contributed by atoms with Crippen LogP contribution in [-0.4, -0.2) is 29.1 Å². The van der Waals surface area contributed by atoms with Crippen molar-refractivity contribution in [3.63, 3.8) is 0 Å². The van der Waals surface area contributed by atoms with Crippen LogP contribution >= 0.6 is 11.3 Å². The van der Waals surface area contributed by atoms with Gasteiger partial charge in [-0.3, -0.25) is 9.59 Å². The number of esters is 1. The lowest BCUT2D eigenvalue weighted by Crippen LogP contribution is -2.35. The predicted octanol–water partition coefficient (Wildman–Crippen LogP) is 4.19. The molecule has 0 saturated carbocycles. The molecule has 1 heterocycles. The van der Waals surface area contributed by atoms with Gasteiger partial charge in [0.15, 0.2) is 0 Å². The van der Waals surface area contributed by atoms with Gasteiger partial charge >= 0.3 is 11.9 Å². The molecule has 0 aromatic carbocycles. The average Bonchev–Trinajstić information content (AvgIpc) is 3.05. The number of fused-ring (bicyclic) bond motifs is 1. The summed E-state index contributed by atoms with van der Waals surface area (Å²) < 4.78 is 5.55. The molecule has 2 N–H and O–H groups in total. The van der Waals surface area contributed by atoms with E-state index in [1.165, 1.54) is 11.3 Å². The summed E-state index contributed by atoms with van der Waals surface area (Å²) in [5.41, 5.74) is 1.45. The number of carbonyl (C=O) groups is 3. The van der Waals surface area contributed by atoms with E-state index in [9.17, 15) is 19.5 Å². The SMILES string of the molecule is CC[C@H](C)OC(=O)c1c(NC(=O)[C@H]2CC=CC[C@H]2C(=O)O)sc2c1CCCC2. The number of aryl methyl sites for hydroxylation is 1. The minimum absolute atomic E-state index is 0.199. The van der Waals surface area contributed by atoms with E-state index in [-0.39, 0.29) is 12.0 Å². The summed E-state index contributed by atoms with van der Waals surface area (Å²) in [6, 6.07) is 0. The van der Waals surface area contributed by atoms with E-state index < -0.39 is 23.8 Å². The molecule has 28 heavy (non-hydrogen) atoms. The van der Waals surface area contributed by atoms with Crippen LogP contribution in [0, 0.1) is 11.8 Å². The Morgan fingerprint density at radius 1 is 1.21 bits per heavy atom. The number of hydrogen-bond acceptors (Lipinski definition) is 5. The highest BCUT2D eigenvalue weighted by atomic mass is 32.1. The van der Waals surface area contributed by atoms with Gasteiger partial charge in [-0.25, -0.2) is 4.79 Å². The number of hydrogen-bond donors (Lipinski definition) is 2. The smallest absolute Gasteiger partial charge is 0.341 e. The zero-order valence-corrected chi connectivity index (χ0v) is 17.1. The zero-order chi connectivity index (χ0) is 20.3. The van der Waals surface area contributed by atoms with E-state index in [1.807, 2.05) is 19.9 Å². The molecule has 7 heteroatoms. The van der Waals surface area contributed by atoms with E-state index in [0.717, 1.165) is 36.1 Å². The number of thiophene rings is 1. The van der Waals surface area contributed by atoms with E-state index in [0.29, 0.717) is 29.8 Å². The Morgan fingerprint density at radius 3 is 2.57 bits per heavy atom. The minimum atomic E-state index is -0.966. The second-order valence-corrected chi connectivity index (χ2v) is 8.63. The highest BCUT2D eigenvalue weighted by Gasteiger charge is 2.35. The van der Waals surface area contributed by atoms with Crippen molar-refractivity contribution in [2.24, 2.45) is 11.8 Å². The number of rotatable bonds is 6. The summed E-state index contributed by atoms with van der Waals surface area (Å²) >= 11 is 1.43. The maximum Gasteiger partial charge on any atom is 0.341 e. The number of amides is 1. The summed E-state index contributed by atoms with van der Waals surface area (Å²) in [5.74, 6) is -3.09. The first-order valence-corrected chi connectivity index (χ1v) is 10.8. The highest BCUT2D eigenvalue weighted by Crippen LogP contribution is 2.39. The molecular formula is C21H27NO5S. The van der Waals surface area contributed by atoms with Crippen LogP contribution in [0.1, 0.15) is 66.8 Å². The van der Waals surface area contributed by atoms with Gasteiger partial charge in [0.1, 0.15) is 5.00 Å². The number of nitrogens with one attached hydrogen (secondary N) is 1. The lowest BCUT2D eigenvalue weighted by molar-refractivity contribution is -0.146. The van der Waals surface area contributed by atoms with Gasteiger partial charge in [0, 0.05) is 4.88 Å². The van der Waals surface area contributed by atoms with Crippen molar-refractivity contribution in [2.45, 2.75) is 64.9 Å². The first kappa shape index (κ1) is 20.6. The largest absolute Gasteiger partial charge is 0.481 e. The van der Waals surface area contributed by atoms with Crippen molar-refractivity contribution < 1.29 is 24.2 Å². The molecule has 1 aromatic rings. The predicted molar refractivity (Wildman–Crippen MR) is 108 cm³/mol. The molecule has 0 fully saturated rings. The van der Waals surface area contributed by atoms with Gasteiger partial charge < -0.3 is 15.2 Å². The number of carbonyl (C=O) groups excluding carboxylic acids is 2. The number of anilines is 1. The Morgan fingerprint density at radius 2 is 1.89 bits per heavy atom. The molecule has 3 rings (SSSR count). The van der Waals surface area contributed by atoms with Crippen molar-refractivity contribution in [1.29, 1.82) is 0 Å². The third-order valence-electron chi connectivity index (χ3n) is 5.58. The number of carboxylic acid groups (broad SMARTS) is 1. The van der Waals surface area contributed by atoms with Crippen LogP contribution in [0.5, 0.6) is 0 Å². The first-order valence-electron chi connectivity index (χ1n) is 9.96. The minimum Gasteiger partial charge on any atom is -0.481 e. The van der Waals surface area contributed by atoms with Crippen LogP contribution in [0.15, 0.2) is 12.2 Å². The third-order valence-corrected chi connectivity index (χ3v) is 6.79. The fraction of sp³-hybridized carbons (Fsp3) is 0.571. The molecule has 0 spiro atoms. The molecule has 1 amide bonds. The van der Waals surface area contributed by atoms with Crippen molar-refractivity contribution in [2.75, 3.05) is 5.32 Å². The molecule has 3 atom stereocenters. The number of allylic oxidation sites excluding steroid dienone is 2. The van der Waals surface area contributed by atoms with Crippen LogP contribution in [0.25, 0.3) is 0 Å². The molecular weight excluding hydrogens is 378 g/mol. The molecule has 0 aliphatic heterocycles. The van der Waals surface area contributed by atoms with Crippen molar-refractivity contribution >= 4 is 34.2 Å². The van der Waals surface area contributed by atoms with E-state index in [2.05, 4.69) is 5.32 Å². The zero-order valence-electron chi connectivity index (χ0n) is 16.3. The van der Waals surface area contributed by atoms with Gasteiger partial charge in [-0.15, -0.1) is 11.3 Å². The number of ether oxygens (including phenoxy) is 1. The van der Waals surface area contributed by atoms with Gasteiger partial charge in [-0.05, 0) is 57.4 Å². The Balaban J connectivity index is 1.87. The fourth-order valence-corrected chi connectivity index (χ4v) is 5.06. The van der Waals surface area contributed by atoms with Crippen LogP contribution < -0.4 is 5.32 Å². The Labute approximate surface area is 169 Å². The summed E-state index contributed by atoms with van der Waals surface area (Å²) in [6.07, 6.45) is 8.68. The summed E-state index contributed by atoms with van der Waals surface area (Å²) in [6.45, 7) is 3.80. The molecule has 0 radical (unpaired) electrons. The van der Waals surface area contributed by atoms with E-state index in [4.69, 9.17) is 4.74 Å². The normalized spacial score (nSPS) is 22.2. The maximum atomic E-state index is 12.9. The van der Waals surface area contributed by atoms with Crippen molar-refractivity contribution in [1.82, 2.24) is 0 Å². The van der Waals surface area contributed by atoms with Gasteiger partial charge in [-0.2, -0.15) is 0 Å². The molecule has 0 bridgehead atoms. The van der Waals surface area contributed by atoms with Gasteiger partial charge in [-0.1, -0.05) is 19.1 Å². The Kier molecular flexibility index (Phi) is 6.54. The van der Waals surface area contributed by atoms with Crippen LogP contribution in [-0.2, 0) is 27.2 Å². The second-order valence-electron chi connectivity index (χ2n) is 7.52. The topological polar surface area (TPSA) is 92.7 Å². The van der Waals surface area contributed by atoms with E-state index >= 15 is 0 Å². The third kappa shape index (κ3) is 4.29. The Hall–Kier alpha value is -2.15. The highest BCUT2D eigenvalue weighted by molar-refractivity contribution is 7.17. The number of aliphatic carboxylic acids is 1. The van der Waals surface area contributed by atoms with E-state index in [1.54, 1.807) is 6.08 Å². The maximum absolute atomic E-state index is 12.9. The Bertz CT molecular complexity index is 797. The average molecular weight is 406 g/mol. The monoisotopic (exact) mass is 405 g/mol. The molecule has 6 nitrogen and oxygen atoms in total. The molecule has 0 saturated heterocycles. The molecule has 0 unspecified atom stereocenters. The molecule has 2 aliphatic carbocycles. The first-order chi connectivity index (χ1) is 13.4.